The first-order valence-electron chi connectivity index (χ1n) is 8.81. The molecule has 3 aromatic rings. The van der Waals surface area contributed by atoms with Crippen molar-refractivity contribution in [1.29, 1.82) is 0 Å². The largest absolute Gasteiger partial charge is 0.256 e. The molecule has 0 atom stereocenters. The lowest BCUT2D eigenvalue weighted by molar-refractivity contribution is 0.632. The molecular formula is C22H25N. The first-order valence-corrected chi connectivity index (χ1v) is 8.81. The molecule has 0 unspecified atom stereocenters. The van der Waals surface area contributed by atoms with Crippen molar-refractivity contribution >= 4 is 10.8 Å². The van der Waals surface area contributed by atoms with Crippen LogP contribution in [0.5, 0.6) is 0 Å². The number of fused-ring (bicyclic) bond motifs is 1. The van der Waals surface area contributed by atoms with Crippen LogP contribution in [0.3, 0.4) is 0 Å². The fourth-order valence-corrected chi connectivity index (χ4v) is 3.11. The van der Waals surface area contributed by atoms with Crippen LogP contribution in [-0.4, -0.2) is 4.98 Å². The highest BCUT2D eigenvalue weighted by molar-refractivity contribution is 5.94. The second-order valence-corrected chi connectivity index (χ2v) is 6.24. The maximum atomic E-state index is 4.60. The Balaban J connectivity index is 1.71. The molecule has 0 aliphatic heterocycles. The first-order chi connectivity index (χ1) is 11.4. The number of aromatic nitrogens is 1. The van der Waals surface area contributed by atoms with Gasteiger partial charge in [-0.3, -0.25) is 4.98 Å². The quantitative estimate of drug-likeness (QED) is 0.459. The van der Waals surface area contributed by atoms with E-state index in [4.69, 9.17) is 0 Å². The Morgan fingerprint density at radius 1 is 0.783 bits per heavy atom. The molecule has 23 heavy (non-hydrogen) atoms. The predicted octanol–water partition coefficient (Wildman–Crippen LogP) is 6.41. The van der Waals surface area contributed by atoms with E-state index in [0.29, 0.717) is 0 Å². The van der Waals surface area contributed by atoms with Gasteiger partial charge in [-0.2, -0.15) is 0 Å². The summed E-state index contributed by atoms with van der Waals surface area (Å²) in [4.78, 5) is 4.60. The molecule has 3 rings (SSSR count). The number of nitrogens with zero attached hydrogens (tertiary/aromatic N) is 1. The summed E-state index contributed by atoms with van der Waals surface area (Å²) < 4.78 is 0. The Morgan fingerprint density at radius 3 is 2.39 bits per heavy atom. The lowest BCUT2D eigenvalue weighted by Gasteiger charge is -2.07. The maximum absolute atomic E-state index is 4.60. The van der Waals surface area contributed by atoms with E-state index in [1.165, 1.54) is 60.4 Å². The number of unbranched alkanes of at least 4 members (excludes halogenated alkanes) is 4. The van der Waals surface area contributed by atoms with Gasteiger partial charge in [0.1, 0.15) is 0 Å². The zero-order valence-electron chi connectivity index (χ0n) is 14.0. The van der Waals surface area contributed by atoms with E-state index >= 15 is 0 Å². The molecule has 0 bridgehead atoms. The van der Waals surface area contributed by atoms with E-state index in [-0.39, 0.29) is 0 Å². The normalized spacial score (nSPS) is 11.0. The summed E-state index contributed by atoms with van der Waals surface area (Å²) >= 11 is 0. The van der Waals surface area contributed by atoms with Crippen molar-refractivity contribution in [3.05, 3.63) is 66.4 Å². The van der Waals surface area contributed by atoms with Gasteiger partial charge in [-0.05, 0) is 29.9 Å². The molecule has 0 spiro atoms. The first kappa shape index (κ1) is 15.7. The van der Waals surface area contributed by atoms with Crippen LogP contribution in [0.4, 0.5) is 0 Å². The number of pyridine rings is 1. The van der Waals surface area contributed by atoms with Gasteiger partial charge in [-0.1, -0.05) is 81.1 Å². The van der Waals surface area contributed by atoms with Gasteiger partial charge in [0.05, 0.1) is 5.69 Å². The van der Waals surface area contributed by atoms with Gasteiger partial charge < -0.3 is 0 Å². The number of rotatable bonds is 7. The summed E-state index contributed by atoms with van der Waals surface area (Å²) in [5, 5.41) is 2.47. The van der Waals surface area contributed by atoms with E-state index in [0.717, 1.165) is 5.69 Å². The van der Waals surface area contributed by atoms with Crippen LogP contribution in [-0.2, 0) is 6.42 Å². The van der Waals surface area contributed by atoms with Gasteiger partial charge in [0, 0.05) is 17.1 Å². The SMILES string of the molecule is CCCCCCCc1ccc(-c2nccc3ccccc23)cc1. The lowest BCUT2D eigenvalue weighted by Crippen LogP contribution is -1.89. The van der Waals surface area contributed by atoms with Crippen LogP contribution in [0.15, 0.2) is 60.8 Å². The van der Waals surface area contributed by atoms with E-state index in [9.17, 15) is 0 Å². The molecule has 1 heteroatoms. The third kappa shape index (κ3) is 3.98. The van der Waals surface area contributed by atoms with Crippen LogP contribution in [0.1, 0.15) is 44.6 Å². The Labute approximate surface area is 139 Å². The van der Waals surface area contributed by atoms with Crippen molar-refractivity contribution in [2.75, 3.05) is 0 Å². The molecule has 1 nitrogen and oxygen atoms in total. The van der Waals surface area contributed by atoms with Crippen LogP contribution < -0.4 is 0 Å². The van der Waals surface area contributed by atoms with E-state index in [2.05, 4.69) is 66.5 Å². The maximum Gasteiger partial charge on any atom is 0.0780 e. The molecular weight excluding hydrogens is 278 g/mol. The van der Waals surface area contributed by atoms with E-state index in [1.54, 1.807) is 0 Å². The fraction of sp³-hybridized carbons (Fsp3) is 0.318. The van der Waals surface area contributed by atoms with Crippen molar-refractivity contribution in [1.82, 2.24) is 4.98 Å². The summed E-state index contributed by atoms with van der Waals surface area (Å²) in [6, 6.07) is 19.5. The summed E-state index contributed by atoms with van der Waals surface area (Å²) in [7, 11) is 0. The molecule has 0 aliphatic rings. The van der Waals surface area contributed by atoms with Crippen LogP contribution >= 0.6 is 0 Å². The van der Waals surface area contributed by atoms with E-state index in [1.807, 2.05) is 6.20 Å². The smallest absolute Gasteiger partial charge is 0.0780 e. The molecule has 0 fully saturated rings. The van der Waals surface area contributed by atoms with Crippen molar-refractivity contribution in [2.24, 2.45) is 0 Å². The van der Waals surface area contributed by atoms with Gasteiger partial charge >= 0.3 is 0 Å². The molecule has 0 amide bonds. The topological polar surface area (TPSA) is 12.9 Å². The Kier molecular flexibility index (Phi) is 5.42. The molecule has 2 aromatic carbocycles. The molecule has 0 radical (unpaired) electrons. The standard InChI is InChI=1S/C22H25N/c1-2-3-4-5-6-9-18-12-14-20(15-13-18)22-21-11-8-7-10-19(21)16-17-23-22/h7-8,10-17H,2-6,9H2,1H3. The second kappa shape index (κ2) is 7.92. The summed E-state index contributed by atoms with van der Waals surface area (Å²) in [5.74, 6) is 0. The molecule has 0 N–H and O–H groups in total. The number of hydrogen-bond donors (Lipinski definition) is 0. The van der Waals surface area contributed by atoms with Crippen LogP contribution in [0, 0.1) is 0 Å². The highest BCUT2D eigenvalue weighted by Crippen LogP contribution is 2.26. The van der Waals surface area contributed by atoms with Gasteiger partial charge in [0.2, 0.25) is 0 Å². The Morgan fingerprint density at radius 2 is 1.57 bits per heavy atom. The number of hydrogen-bond acceptors (Lipinski definition) is 1. The minimum atomic E-state index is 1.08. The van der Waals surface area contributed by atoms with Gasteiger partial charge in [-0.15, -0.1) is 0 Å². The van der Waals surface area contributed by atoms with E-state index < -0.39 is 0 Å². The van der Waals surface area contributed by atoms with Crippen molar-refractivity contribution in [2.45, 2.75) is 45.4 Å². The van der Waals surface area contributed by atoms with Gasteiger partial charge in [-0.25, -0.2) is 0 Å². The fourth-order valence-electron chi connectivity index (χ4n) is 3.11. The van der Waals surface area contributed by atoms with Crippen LogP contribution in [0.25, 0.3) is 22.0 Å². The predicted molar refractivity (Wildman–Crippen MR) is 99.6 cm³/mol. The average molecular weight is 303 g/mol. The molecule has 1 heterocycles. The second-order valence-electron chi connectivity index (χ2n) is 6.24. The molecule has 0 aliphatic carbocycles. The Hall–Kier alpha value is -2.15. The number of aryl methyl sites for hydroxylation is 1. The molecule has 0 saturated heterocycles. The highest BCUT2D eigenvalue weighted by Gasteiger charge is 2.04. The zero-order valence-corrected chi connectivity index (χ0v) is 14.0. The summed E-state index contributed by atoms with van der Waals surface area (Å²) in [6.45, 7) is 2.26. The highest BCUT2D eigenvalue weighted by atomic mass is 14.7. The monoisotopic (exact) mass is 303 g/mol. The van der Waals surface area contributed by atoms with Gasteiger partial charge in [0.25, 0.3) is 0 Å². The number of benzene rings is 2. The Bertz CT molecular complexity index is 738. The molecule has 1 aromatic heterocycles. The third-order valence-corrected chi connectivity index (χ3v) is 4.47. The molecule has 118 valence electrons. The summed E-state index contributed by atoms with van der Waals surface area (Å²) in [6.07, 6.45) is 9.78. The lowest BCUT2D eigenvalue weighted by atomic mass is 10.0. The van der Waals surface area contributed by atoms with Crippen molar-refractivity contribution in [3.63, 3.8) is 0 Å². The molecule has 0 saturated carbocycles. The zero-order chi connectivity index (χ0) is 15.9. The van der Waals surface area contributed by atoms with Gasteiger partial charge in [0.15, 0.2) is 0 Å². The van der Waals surface area contributed by atoms with Crippen molar-refractivity contribution in [3.8, 4) is 11.3 Å². The third-order valence-electron chi connectivity index (χ3n) is 4.47. The minimum absolute atomic E-state index is 1.08. The average Bonchev–Trinajstić information content (AvgIpc) is 2.62. The summed E-state index contributed by atoms with van der Waals surface area (Å²) in [5.41, 5.74) is 3.72. The van der Waals surface area contributed by atoms with Crippen molar-refractivity contribution < 1.29 is 0 Å². The minimum Gasteiger partial charge on any atom is -0.256 e. The van der Waals surface area contributed by atoms with Crippen LogP contribution in [0.2, 0.25) is 0 Å².